The Bertz CT molecular complexity index is 839. The smallest absolute Gasteiger partial charge is 0.325 e. The number of fused-ring (bicyclic) bond motifs is 1. The van der Waals surface area contributed by atoms with Gasteiger partial charge in [-0.1, -0.05) is 56.2 Å². The molecule has 4 nitrogen and oxygen atoms in total. The van der Waals surface area contributed by atoms with Gasteiger partial charge in [0.15, 0.2) is 0 Å². The molecule has 0 bridgehead atoms. The minimum absolute atomic E-state index is 0.200. The van der Waals surface area contributed by atoms with Crippen molar-refractivity contribution in [3.05, 3.63) is 66.4 Å². The minimum atomic E-state index is -0.200. The van der Waals surface area contributed by atoms with Crippen LogP contribution < -0.4 is 4.74 Å². The highest BCUT2D eigenvalue weighted by molar-refractivity contribution is 5.87. The third-order valence-electron chi connectivity index (χ3n) is 4.32. The van der Waals surface area contributed by atoms with E-state index in [4.69, 9.17) is 9.47 Å². The number of hydrogen-bond acceptors (Lipinski definition) is 3. The number of benzene rings is 2. The second-order valence-corrected chi connectivity index (χ2v) is 6.33. The van der Waals surface area contributed by atoms with E-state index in [2.05, 4.69) is 6.92 Å². The van der Waals surface area contributed by atoms with E-state index in [1.165, 1.54) is 0 Å². The van der Waals surface area contributed by atoms with Crippen LogP contribution in [0.4, 0.5) is 0 Å². The van der Waals surface area contributed by atoms with Crippen LogP contribution in [0.15, 0.2) is 60.8 Å². The topological polar surface area (TPSA) is 40.5 Å². The predicted octanol–water partition coefficient (Wildman–Crippen LogP) is 4.95. The van der Waals surface area contributed by atoms with Crippen LogP contribution in [0.2, 0.25) is 0 Å². The zero-order valence-corrected chi connectivity index (χ0v) is 15.2. The molecule has 0 unspecified atom stereocenters. The van der Waals surface area contributed by atoms with Crippen LogP contribution in [0.1, 0.15) is 31.7 Å². The molecule has 4 heteroatoms. The van der Waals surface area contributed by atoms with Gasteiger partial charge in [0.25, 0.3) is 0 Å². The molecular weight excluding hydrogens is 326 g/mol. The van der Waals surface area contributed by atoms with E-state index in [1.807, 2.05) is 65.4 Å². The summed E-state index contributed by atoms with van der Waals surface area (Å²) in [4.78, 5) is 12.0. The van der Waals surface area contributed by atoms with Crippen LogP contribution in [0.5, 0.6) is 5.75 Å². The SMILES string of the molecule is CCCCCOC(=O)Cn1ccc2c(OCc3ccccc3)cccc21. The first-order valence-electron chi connectivity index (χ1n) is 9.18. The summed E-state index contributed by atoms with van der Waals surface area (Å²) < 4.78 is 13.2. The van der Waals surface area contributed by atoms with Gasteiger partial charge in [-0.3, -0.25) is 4.79 Å². The molecule has 0 amide bonds. The molecule has 0 spiro atoms. The molecule has 1 aromatic heterocycles. The molecule has 0 saturated carbocycles. The number of rotatable bonds is 9. The Balaban J connectivity index is 1.65. The summed E-state index contributed by atoms with van der Waals surface area (Å²) in [5.41, 5.74) is 2.10. The lowest BCUT2D eigenvalue weighted by Crippen LogP contribution is -2.13. The fourth-order valence-corrected chi connectivity index (χ4v) is 2.92. The van der Waals surface area contributed by atoms with E-state index in [9.17, 15) is 4.79 Å². The van der Waals surface area contributed by atoms with Gasteiger partial charge in [0.1, 0.15) is 18.9 Å². The number of aromatic nitrogens is 1. The molecule has 0 N–H and O–H groups in total. The van der Waals surface area contributed by atoms with E-state index in [-0.39, 0.29) is 12.5 Å². The maximum atomic E-state index is 12.0. The molecule has 0 aliphatic rings. The first kappa shape index (κ1) is 18.1. The first-order chi connectivity index (χ1) is 12.8. The molecule has 1 heterocycles. The summed E-state index contributed by atoms with van der Waals surface area (Å²) in [7, 11) is 0. The van der Waals surface area contributed by atoms with E-state index >= 15 is 0 Å². The van der Waals surface area contributed by atoms with Crippen LogP contribution in [-0.2, 0) is 22.7 Å². The monoisotopic (exact) mass is 351 g/mol. The molecule has 3 aromatic rings. The summed E-state index contributed by atoms with van der Waals surface area (Å²) in [5.74, 6) is 0.621. The predicted molar refractivity (Wildman–Crippen MR) is 103 cm³/mol. The van der Waals surface area contributed by atoms with Crippen LogP contribution in [0.25, 0.3) is 10.9 Å². The van der Waals surface area contributed by atoms with Gasteiger partial charge in [0.05, 0.1) is 12.1 Å². The highest BCUT2D eigenvalue weighted by atomic mass is 16.5. The third kappa shape index (κ3) is 4.66. The molecule has 0 saturated heterocycles. The van der Waals surface area contributed by atoms with Crippen molar-refractivity contribution in [2.75, 3.05) is 6.61 Å². The van der Waals surface area contributed by atoms with Crippen molar-refractivity contribution < 1.29 is 14.3 Å². The molecular formula is C22H25NO3. The third-order valence-corrected chi connectivity index (χ3v) is 4.32. The summed E-state index contributed by atoms with van der Waals surface area (Å²) in [5, 5.41) is 1.00. The average Bonchev–Trinajstić information content (AvgIpc) is 3.08. The summed E-state index contributed by atoms with van der Waals surface area (Å²) in [6.07, 6.45) is 5.03. The first-order valence-corrected chi connectivity index (χ1v) is 9.18. The van der Waals surface area contributed by atoms with Gasteiger partial charge in [0.2, 0.25) is 0 Å². The van der Waals surface area contributed by atoms with Gasteiger partial charge in [0, 0.05) is 11.6 Å². The number of hydrogen-bond donors (Lipinski definition) is 0. The molecule has 26 heavy (non-hydrogen) atoms. The van der Waals surface area contributed by atoms with Crippen molar-refractivity contribution in [3.8, 4) is 5.75 Å². The summed E-state index contributed by atoms with van der Waals surface area (Å²) >= 11 is 0. The van der Waals surface area contributed by atoms with Crippen molar-refractivity contribution in [3.63, 3.8) is 0 Å². The Labute approximate surface area is 154 Å². The number of carbonyl (C=O) groups is 1. The fraction of sp³-hybridized carbons (Fsp3) is 0.318. The van der Waals surface area contributed by atoms with Gasteiger partial charge in [-0.25, -0.2) is 0 Å². The maximum Gasteiger partial charge on any atom is 0.325 e. The van der Waals surface area contributed by atoms with Crippen molar-refractivity contribution in [2.24, 2.45) is 0 Å². The fourth-order valence-electron chi connectivity index (χ4n) is 2.92. The van der Waals surface area contributed by atoms with Gasteiger partial charge >= 0.3 is 5.97 Å². The lowest BCUT2D eigenvalue weighted by molar-refractivity contribution is -0.144. The van der Waals surface area contributed by atoms with Gasteiger partial charge < -0.3 is 14.0 Å². The van der Waals surface area contributed by atoms with Gasteiger partial charge in [-0.05, 0) is 30.2 Å². The molecule has 3 rings (SSSR count). The maximum absolute atomic E-state index is 12.0. The number of esters is 1. The highest BCUT2D eigenvalue weighted by Gasteiger charge is 2.10. The van der Waals surface area contributed by atoms with Crippen molar-refractivity contribution in [2.45, 2.75) is 39.3 Å². The Morgan fingerprint density at radius 1 is 1.00 bits per heavy atom. The van der Waals surface area contributed by atoms with Crippen molar-refractivity contribution >= 4 is 16.9 Å². The van der Waals surface area contributed by atoms with Crippen LogP contribution in [0.3, 0.4) is 0 Å². The number of nitrogens with zero attached hydrogens (tertiary/aromatic N) is 1. The van der Waals surface area contributed by atoms with Crippen LogP contribution in [-0.4, -0.2) is 17.1 Å². The van der Waals surface area contributed by atoms with Gasteiger partial charge in [-0.15, -0.1) is 0 Å². The summed E-state index contributed by atoms with van der Waals surface area (Å²) in [6.45, 7) is 3.37. The molecule has 0 fully saturated rings. The molecule has 0 aliphatic carbocycles. The normalized spacial score (nSPS) is 10.8. The Hall–Kier alpha value is -2.75. The minimum Gasteiger partial charge on any atom is -0.488 e. The quantitative estimate of drug-likeness (QED) is 0.404. The van der Waals surface area contributed by atoms with Crippen molar-refractivity contribution in [1.29, 1.82) is 0 Å². The standard InChI is InChI=1S/C22H25NO3/c1-2-3-7-15-25-22(24)16-23-14-13-19-20(23)11-8-12-21(19)26-17-18-9-5-4-6-10-18/h4-6,8-14H,2-3,7,15-17H2,1H3. The lowest BCUT2D eigenvalue weighted by atomic mass is 10.2. The van der Waals surface area contributed by atoms with E-state index < -0.39 is 0 Å². The molecule has 136 valence electrons. The Morgan fingerprint density at radius 3 is 2.65 bits per heavy atom. The molecule has 0 atom stereocenters. The van der Waals surface area contributed by atoms with Crippen LogP contribution >= 0.6 is 0 Å². The van der Waals surface area contributed by atoms with Crippen molar-refractivity contribution in [1.82, 2.24) is 4.57 Å². The Morgan fingerprint density at radius 2 is 1.85 bits per heavy atom. The molecule has 0 aliphatic heterocycles. The average molecular weight is 351 g/mol. The molecule has 2 aromatic carbocycles. The summed E-state index contributed by atoms with van der Waals surface area (Å²) in [6, 6.07) is 18.0. The molecule has 0 radical (unpaired) electrons. The zero-order valence-electron chi connectivity index (χ0n) is 15.2. The van der Waals surface area contributed by atoms with Crippen LogP contribution in [0, 0.1) is 0 Å². The number of unbranched alkanes of at least 4 members (excludes halogenated alkanes) is 2. The number of ether oxygens (including phenoxy) is 2. The van der Waals surface area contributed by atoms with E-state index in [0.717, 1.165) is 41.5 Å². The van der Waals surface area contributed by atoms with E-state index in [1.54, 1.807) is 0 Å². The number of carbonyl (C=O) groups excluding carboxylic acids is 1. The second kappa shape index (κ2) is 9.09. The van der Waals surface area contributed by atoms with E-state index in [0.29, 0.717) is 13.2 Å². The van der Waals surface area contributed by atoms with Gasteiger partial charge in [-0.2, -0.15) is 0 Å². The lowest BCUT2D eigenvalue weighted by Gasteiger charge is -2.09. The zero-order chi connectivity index (χ0) is 18.2. The largest absolute Gasteiger partial charge is 0.488 e. The Kier molecular flexibility index (Phi) is 6.31. The highest BCUT2D eigenvalue weighted by Crippen LogP contribution is 2.27. The second-order valence-electron chi connectivity index (χ2n) is 6.33.